The molecule has 11 aromatic rings. The quantitative estimate of drug-likeness (QED) is 0.177. The van der Waals surface area contributed by atoms with Crippen molar-refractivity contribution in [2.45, 2.75) is 0 Å². The predicted octanol–water partition coefficient (Wildman–Crippen LogP) is 13.5. The van der Waals surface area contributed by atoms with Crippen LogP contribution >= 0.6 is 0 Å². The van der Waals surface area contributed by atoms with Crippen LogP contribution in [-0.4, -0.2) is 9.13 Å². The Morgan fingerprint density at radius 1 is 0.346 bits per heavy atom. The summed E-state index contributed by atoms with van der Waals surface area (Å²) in [6.45, 7) is 0. The zero-order chi connectivity index (χ0) is 38.5. The molecule has 0 aliphatic heterocycles. The van der Waals surface area contributed by atoms with Crippen LogP contribution < -0.4 is 0 Å². The van der Waals surface area contributed by atoms with Crippen molar-refractivity contribution in [3.63, 3.8) is 0 Å². The first kappa shape index (κ1) is 24.3. The van der Waals surface area contributed by atoms with Gasteiger partial charge in [0.2, 0.25) is 0 Å². The maximum absolute atomic E-state index is 8.66. The summed E-state index contributed by atoms with van der Waals surface area (Å²) < 4.78 is 46.7. The van der Waals surface area contributed by atoms with Gasteiger partial charge in [-0.1, -0.05) is 145 Å². The maximum atomic E-state index is 8.66. The summed E-state index contributed by atoms with van der Waals surface area (Å²) in [5.74, 6) is 0. The van der Waals surface area contributed by atoms with E-state index < -0.39 is 6.04 Å². The van der Waals surface area contributed by atoms with Gasteiger partial charge in [-0.05, 0) is 92.3 Å². The number of rotatable bonds is 4. The van der Waals surface area contributed by atoms with Crippen LogP contribution in [0.4, 0.5) is 0 Å². The Labute approximate surface area is 308 Å². The Bertz CT molecular complexity index is 3430. The fourth-order valence-electron chi connectivity index (χ4n) is 8.34. The van der Waals surface area contributed by atoms with E-state index in [4.69, 9.17) is 6.85 Å². The highest BCUT2D eigenvalue weighted by Gasteiger charge is 2.20. The van der Waals surface area contributed by atoms with Crippen LogP contribution in [0.15, 0.2) is 194 Å². The van der Waals surface area contributed by atoms with Crippen LogP contribution in [0, 0.1) is 0 Å². The van der Waals surface area contributed by atoms with E-state index in [2.05, 4.69) is 143 Å². The Hall–Kier alpha value is -6.90. The zero-order valence-corrected chi connectivity index (χ0v) is 28.0. The van der Waals surface area contributed by atoms with E-state index in [1.54, 1.807) is 0 Å². The first-order chi connectivity index (χ1) is 27.9. The SMILES string of the molecule is [2H]c1c([2H])c([2H])c(-c2cccc3c(-c4ccc(-n5c6ccccc6c6cc7c8c9ccccc9ccc8n(-c8ccccc8)c7cc65)cc4)cccc23)c([2H])c1[2H]. The molecule has 0 aliphatic rings. The normalized spacial score (nSPS) is 13.2. The summed E-state index contributed by atoms with van der Waals surface area (Å²) in [5, 5.41) is 9.07. The van der Waals surface area contributed by atoms with E-state index in [0.717, 1.165) is 49.8 Å². The van der Waals surface area contributed by atoms with E-state index in [9.17, 15) is 0 Å². The molecule has 11 rings (SSSR count). The van der Waals surface area contributed by atoms with Gasteiger partial charge in [0.1, 0.15) is 0 Å². The summed E-state index contributed by atoms with van der Waals surface area (Å²) in [6.07, 6.45) is 0. The van der Waals surface area contributed by atoms with Gasteiger partial charge in [0.25, 0.3) is 0 Å². The van der Waals surface area contributed by atoms with Crippen LogP contribution in [0.1, 0.15) is 6.85 Å². The fraction of sp³-hybridized carbons (Fsp3) is 0. The smallest absolute Gasteiger partial charge is 0.0629 e. The molecule has 2 aromatic heterocycles. The molecule has 9 aromatic carbocycles. The Morgan fingerprint density at radius 2 is 0.962 bits per heavy atom. The van der Waals surface area contributed by atoms with Gasteiger partial charge < -0.3 is 9.13 Å². The lowest BCUT2D eigenvalue weighted by molar-refractivity contribution is 1.16. The molecular weight excluding hydrogens is 629 g/mol. The molecule has 0 atom stereocenters. The van der Waals surface area contributed by atoms with Gasteiger partial charge in [0.15, 0.2) is 0 Å². The van der Waals surface area contributed by atoms with Gasteiger partial charge in [-0.2, -0.15) is 0 Å². The Kier molecular flexibility index (Phi) is 5.28. The minimum atomic E-state index is -0.394. The minimum absolute atomic E-state index is 0.204. The minimum Gasteiger partial charge on any atom is -0.309 e. The average molecular weight is 666 g/mol. The van der Waals surface area contributed by atoms with Crippen molar-refractivity contribution in [2.75, 3.05) is 0 Å². The van der Waals surface area contributed by atoms with Crippen molar-refractivity contribution in [1.82, 2.24) is 9.13 Å². The van der Waals surface area contributed by atoms with Crippen LogP contribution in [0.2, 0.25) is 0 Å². The number of hydrogen-bond donors (Lipinski definition) is 0. The van der Waals surface area contributed by atoms with Gasteiger partial charge >= 0.3 is 0 Å². The predicted molar refractivity (Wildman–Crippen MR) is 221 cm³/mol. The zero-order valence-electron chi connectivity index (χ0n) is 33.0. The molecule has 0 spiro atoms. The molecular formula is C50H32N2. The van der Waals surface area contributed by atoms with Crippen molar-refractivity contribution in [3.05, 3.63) is 194 Å². The van der Waals surface area contributed by atoms with Crippen LogP contribution in [-0.2, 0) is 0 Å². The fourth-order valence-corrected chi connectivity index (χ4v) is 8.34. The highest BCUT2D eigenvalue weighted by molar-refractivity contribution is 6.25. The second-order valence-electron chi connectivity index (χ2n) is 13.3. The van der Waals surface area contributed by atoms with Crippen molar-refractivity contribution in [1.29, 1.82) is 0 Å². The van der Waals surface area contributed by atoms with Crippen LogP contribution in [0.25, 0.3) is 98.8 Å². The molecule has 0 N–H and O–H groups in total. The lowest BCUT2D eigenvalue weighted by Crippen LogP contribution is -1.96. The highest BCUT2D eigenvalue weighted by Crippen LogP contribution is 2.42. The molecule has 0 saturated heterocycles. The maximum Gasteiger partial charge on any atom is 0.0629 e. The molecule has 0 amide bonds. The third kappa shape index (κ3) is 4.25. The molecule has 0 radical (unpaired) electrons. The van der Waals surface area contributed by atoms with E-state index in [0.29, 0.717) is 5.56 Å². The first-order valence-corrected chi connectivity index (χ1v) is 17.5. The number of aromatic nitrogens is 2. The van der Waals surface area contributed by atoms with E-state index in [-0.39, 0.29) is 29.7 Å². The van der Waals surface area contributed by atoms with Crippen LogP contribution in [0.3, 0.4) is 0 Å². The monoisotopic (exact) mass is 665 g/mol. The average Bonchev–Trinajstić information content (AvgIpc) is 3.76. The molecule has 2 heteroatoms. The van der Waals surface area contributed by atoms with Crippen molar-refractivity contribution in [2.24, 2.45) is 0 Å². The van der Waals surface area contributed by atoms with Gasteiger partial charge in [-0.25, -0.2) is 0 Å². The standard InChI is InChI=1S/C50H32N2/c1-3-13-33(14-4-1)38-20-11-23-42-39(21-12-22-41(38)42)35-25-28-37(29-26-35)51-46-24-10-9-19-43(46)44-31-45-49(32-48(44)51)52(36-16-5-2-6-17-36)47-30-27-34-15-7-8-18-40(34)50(45)47/h1-32H/i1D,3D,4D,13D,14D. The summed E-state index contributed by atoms with van der Waals surface area (Å²) in [6, 6.07) is 56.0. The second-order valence-corrected chi connectivity index (χ2v) is 13.3. The third-order valence-corrected chi connectivity index (χ3v) is 10.6. The lowest BCUT2D eigenvalue weighted by Gasteiger charge is -2.13. The van der Waals surface area contributed by atoms with E-state index >= 15 is 0 Å². The Balaban J connectivity index is 1.12. The summed E-state index contributed by atoms with van der Waals surface area (Å²) in [5.41, 5.74) is 9.55. The number of fused-ring (bicyclic) bond motifs is 9. The van der Waals surface area contributed by atoms with Gasteiger partial charge in [-0.3, -0.25) is 0 Å². The first-order valence-electron chi connectivity index (χ1n) is 20.0. The molecule has 0 fully saturated rings. The van der Waals surface area contributed by atoms with Crippen molar-refractivity contribution < 1.29 is 6.85 Å². The molecule has 0 bridgehead atoms. The highest BCUT2D eigenvalue weighted by atomic mass is 15.0. The van der Waals surface area contributed by atoms with Gasteiger partial charge in [0, 0.05) is 32.9 Å². The van der Waals surface area contributed by atoms with E-state index in [1.807, 2.05) is 30.3 Å². The number of nitrogens with zero attached hydrogens (tertiary/aromatic N) is 2. The summed E-state index contributed by atoms with van der Waals surface area (Å²) in [4.78, 5) is 0. The van der Waals surface area contributed by atoms with Crippen molar-refractivity contribution >= 4 is 65.2 Å². The second kappa shape index (κ2) is 11.3. The summed E-state index contributed by atoms with van der Waals surface area (Å²) >= 11 is 0. The molecule has 0 unspecified atom stereocenters. The van der Waals surface area contributed by atoms with Gasteiger partial charge in [0.05, 0.1) is 28.9 Å². The van der Waals surface area contributed by atoms with E-state index in [1.165, 1.54) is 37.8 Å². The number of benzene rings is 9. The van der Waals surface area contributed by atoms with Gasteiger partial charge in [-0.15, -0.1) is 0 Å². The third-order valence-electron chi connectivity index (χ3n) is 10.6. The largest absolute Gasteiger partial charge is 0.309 e. The molecule has 2 nitrogen and oxygen atoms in total. The van der Waals surface area contributed by atoms with Crippen molar-refractivity contribution in [3.8, 4) is 33.6 Å². The molecule has 242 valence electrons. The summed E-state index contributed by atoms with van der Waals surface area (Å²) in [7, 11) is 0. The lowest BCUT2D eigenvalue weighted by atomic mass is 9.93. The number of hydrogen-bond acceptors (Lipinski definition) is 0. The molecule has 2 heterocycles. The molecule has 0 aliphatic carbocycles. The topological polar surface area (TPSA) is 9.86 Å². The molecule has 0 saturated carbocycles. The Morgan fingerprint density at radius 3 is 1.75 bits per heavy atom. The molecule has 52 heavy (non-hydrogen) atoms. The van der Waals surface area contributed by atoms with Crippen LogP contribution in [0.5, 0.6) is 0 Å². The number of para-hydroxylation sites is 2.